The SMILES string of the molecule is C=C/C(=C(/C)C(=C)OC1CCN(S(C)(=O)=O)CC1)C(F)(F)F.CC. The third-order valence-electron chi connectivity index (χ3n) is 3.51. The molecule has 0 saturated carbocycles. The first-order valence-corrected chi connectivity index (χ1v) is 9.53. The number of piperidine rings is 1. The van der Waals surface area contributed by atoms with E-state index in [-0.39, 0.29) is 30.5 Å². The predicted octanol–water partition coefficient (Wildman–Crippen LogP) is 4.03. The number of rotatable bonds is 5. The summed E-state index contributed by atoms with van der Waals surface area (Å²) < 4.78 is 67.9. The Morgan fingerprint density at radius 2 is 1.71 bits per heavy atom. The largest absolute Gasteiger partial charge is 0.491 e. The van der Waals surface area contributed by atoms with Crippen molar-refractivity contribution in [3.63, 3.8) is 0 Å². The highest BCUT2D eigenvalue weighted by Crippen LogP contribution is 2.32. The van der Waals surface area contributed by atoms with Crippen LogP contribution in [0.2, 0.25) is 0 Å². The molecule has 0 bridgehead atoms. The van der Waals surface area contributed by atoms with E-state index >= 15 is 0 Å². The molecule has 8 heteroatoms. The van der Waals surface area contributed by atoms with Crippen molar-refractivity contribution in [1.82, 2.24) is 4.31 Å². The summed E-state index contributed by atoms with van der Waals surface area (Å²) in [4.78, 5) is 0. The van der Waals surface area contributed by atoms with Gasteiger partial charge in [0.15, 0.2) is 0 Å². The monoisotopic (exact) mass is 369 g/mol. The van der Waals surface area contributed by atoms with Crippen molar-refractivity contribution in [2.45, 2.75) is 45.9 Å². The fourth-order valence-corrected chi connectivity index (χ4v) is 3.08. The number of hydrogen-bond acceptors (Lipinski definition) is 3. The summed E-state index contributed by atoms with van der Waals surface area (Å²) >= 11 is 0. The molecule has 0 aliphatic carbocycles. The third kappa shape index (κ3) is 6.68. The van der Waals surface area contributed by atoms with Crippen LogP contribution in [-0.2, 0) is 14.8 Å². The first-order chi connectivity index (χ1) is 11.0. The lowest BCUT2D eigenvalue weighted by atomic mass is 10.1. The average Bonchev–Trinajstić information content (AvgIpc) is 2.48. The van der Waals surface area contributed by atoms with Crippen molar-refractivity contribution in [2.75, 3.05) is 19.3 Å². The molecule has 0 radical (unpaired) electrons. The van der Waals surface area contributed by atoms with Crippen LogP contribution in [0.4, 0.5) is 13.2 Å². The van der Waals surface area contributed by atoms with Crippen LogP contribution in [0.1, 0.15) is 33.6 Å². The molecule has 1 aliphatic heterocycles. The third-order valence-corrected chi connectivity index (χ3v) is 4.81. The van der Waals surface area contributed by atoms with Gasteiger partial charge in [-0.1, -0.05) is 33.1 Å². The Balaban J connectivity index is 0.00000254. The summed E-state index contributed by atoms with van der Waals surface area (Å²) in [5.74, 6) is -0.0648. The van der Waals surface area contributed by atoms with Crippen molar-refractivity contribution in [2.24, 2.45) is 0 Å². The lowest BCUT2D eigenvalue weighted by Crippen LogP contribution is -2.40. The lowest BCUT2D eigenvalue weighted by molar-refractivity contribution is -0.0892. The van der Waals surface area contributed by atoms with Crippen LogP contribution < -0.4 is 0 Å². The van der Waals surface area contributed by atoms with Crippen molar-refractivity contribution in [1.29, 1.82) is 0 Å². The summed E-state index contributed by atoms with van der Waals surface area (Å²) in [6.07, 6.45) is -2.18. The van der Waals surface area contributed by atoms with Gasteiger partial charge >= 0.3 is 6.18 Å². The lowest BCUT2D eigenvalue weighted by Gasteiger charge is -2.31. The zero-order valence-electron chi connectivity index (χ0n) is 14.6. The van der Waals surface area contributed by atoms with Gasteiger partial charge in [-0.25, -0.2) is 12.7 Å². The van der Waals surface area contributed by atoms with Crippen molar-refractivity contribution in [3.05, 3.63) is 36.1 Å². The van der Waals surface area contributed by atoms with Gasteiger partial charge in [0, 0.05) is 18.7 Å². The van der Waals surface area contributed by atoms with Gasteiger partial charge in [0.05, 0.1) is 11.8 Å². The summed E-state index contributed by atoms with van der Waals surface area (Å²) in [5, 5.41) is 0. The minimum atomic E-state index is -4.52. The number of allylic oxidation sites excluding steroid dienone is 3. The van der Waals surface area contributed by atoms with E-state index < -0.39 is 21.8 Å². The molecule has 0 atom stereocenters. The van der Waals surface area contributed by atoms with E-state index in [4.69, 9.17) is 4.74 Å². The highest BCUT2D eigenvalue weighted by atomic mass is 32.2. The normalized spacial score (nSPS) is 18.1. The molecule has 1 saturated heterocycles. The molecule has 0 aromatic heterocycles. The zero-order chi connectivity index (χ0) is 19.1. The molecule has 1 aliphatic rings. The Morgan fingerprint density at radius 3 is 2.04 bits per heavy atom. The van der Waals surface area contributed by atoms with Crippen LogP contribution in [-0.4, -0.2) is 44.3 Å². The number of sulfonamides is 1. The number of alkyl halides is 3. The first kappa shape index (κ1) is 22.7. The standard InChI is InChI=1S/C14H20F3NO3S.C2H6/c1-5-13(14(15,16)17)10(2)11(3)21-12-6-8-18(9-7-12)22(4,19)20;1-2/h5,12H,1,3,6-9H2,2,4H3;1-2H3/b13-10+;. The topological polar surface area (TPSA) is 46.6 Å². The highest BCUT2D eigenvalue weighted by Gasteiger charge is 2.34. The van der Waals surface area contributed by atoms with Crippen LogP contribution in [0.15, 0.2) is 36.1 Å². The molecule has 4 nitrogen and oxygen atoms in total. The van der Waals surface area contributed by atoms with Crippen LogP contribution in [0.5, 0.6) is 0 Å². The van der Waals surface area contributed by atoms with E-state index in [0.717, 1.165) is 12.3 Å². The molecule has 0 amide bonds. The Morgan fingerprint density at radius 1 is 1.25 bits per heavy atom. The molecular weight excluding hydrogens is 343 g/mol. The van der Waals surface area contributed by atoms with Gasteiger partial charge in [0.1, 0.15) is 11.9 Å². The smallest absolute Gasteiger partial charge is 0.416 e. The molecule has 1 rings (SSSR count). The summed E-state index contributed by atoms with van der Waals surface area (Å²) in [5.41, 5.74) is -1.00. The van der Waals surface area contributed by atoms with E-state index in [1.807, 2.05) is 13.8 Å². The summed E-state index contributed by atoms with van der Waals surface area (Å²) in [6.45, 7) is 12.6. The summed E-state index contributed by atoms with van der Waals surface area (Å²) in [6, 6.07) is 0. The van der Waals surface area contributed by atoms with Crippen molar-refractivity contribution >= 4 is 10.0 Å². The maximum atomic E-state index is 12.8. The predicted molar refractivity (Wildman–Crippen MR) is 90.0 cm³/mol. The van der Waals surface area contributed by atoms with Crippen LogP contribution >= 0.6 is 0 Å². The van der Waals surface area contributed by atoms with Gasteiger partial charge in [-0.05, 0) is 19.8 Å². The van der Waals surface area contributed by atoms with Crippen molar-refractivity contribution < 1.29 is 26.3 Å². The fraction of sp³-hybridized carbons (Fsp3) is 0.625. The first-order valence-electron chi connectivity index (χ1n) is 7.68. The average molecular weight is 369 g/mol. The maximum Gasteiger partial charge on any atom is 0.416 e. The molecule has 1 heterocycles. The van der Waals surface area contributed by atoms with E-state index in [0.29, 0.717) is 12.8 Å². The van der Waals surface area contributed by atoms with E-state index in [1.165, 1.54) is 11.2 Å². The second-order valence-corrected chi connectivity index (χ2v) is 7.13. The van der Waals surface area contributed by atoms with Crippen LogP contribution in [0.3, 0.4) is 0 Å². The van der Waals surface area contributed by atoms with Gasteiger partial charge in [-0.15, -0.1) is 0 Å². The minimum absolute atomic E-state index is 0.0648. The second kappa shape index (κ2) is 9.27. The summed E-state index contributed by atoms with van der Waals surface area (Å²) in [7, 11) is -3.25. The zero-order valence-corrected chi connectivity index (χ0v) is 15.4. The Bertz CT molecular complexity index is 572. The molecule has 1 fully saturated rings. The van der Waals surface area contributed by atoms with E-state index in [1.54, 1.807) is 0 Å². The number of halogens is 3. The second-order valence-electron chi connectivity index (χ2n) is 5.14. The molecule has 0 aromatic carbocycles. The molecular formula is C16H26F3NO3S. The fourth-order valence-electron chi connectivity index (χ4n) is 2.20. The van der Waals surface area contributed by atoms with E-state index in [2.05, 4.69) is 13.2 Å². The molecule has 0 N–H and O–H groups in total. The Kier molecular flexibility index (Phi) is 8.77. The maximum absolute atomic E-state index is 12.8. The van der Waals surface area contributed by atoms with Gasteiger partial charge in [0.25, 0.3) is 0 Å². The van der Waals surface area contributed by atoms with E-state index in [9.17, 15) is 21.6 Å². The van der Waals surface area contributed by atoms with Crippen LogP contribution in [0.25, 0.3) is 0 Å². The van der Waals surface area contributed by atoms with Crippen molar-refractivity contribution in [3.8, 4) is 0 Å². The van der Waals surface area contributed by atoms with Gasteiger partial charge in [-0.3, -0.25) is 0 Å². The Labute approximate surface area is 142 Å². The molecule has 140 valence electrons. The number of hydrogen-bond donors (Lipinski definition) is 0. The number of nitrogens with zero attached hydrogens (tertiary/aromatic N) is 1. The van der Waals surface area contributed by atoms with Gasteiger partial charge in [0.2, 0.25) is 10.0 Å². The molecule has 24 heavy (non-hydrogen) atoms. The number of ether oxygens (including phenoxy) is 1. The Hall–Kier alpha value is -1.28. The van der Waals surface area contributed by atoms with Gasteiger partial charge < -0.3 is 4.74 Å². The van der Waals surface area contributed by atoms with Crippen LogP contribution in [0, 0.1) is 0 Å². The minimum Gasteiger partial charge on any atom is -0.491 e. The highest BCUT2D eigenvalue weighted by molar-refractivity contribution is 7.88. The molecule has 0 aromatic rings. The molecule has 0 unspecified atom stereocenters. The molecule has 0 spiro atoms. The van der Waals surface area contributed by atoms with Gasteiger partial charge in [-0.2, -0.15) is 13.2 Å². The quantitative estimate of drug-likeness (QED) is 0.543.